The first-order chi connectivity index (χ1) is 13.5. The Hall–Kier alpha value is -2.90. The molecule has 0 saturated heterocycles. The third-order valence-electron chi connectivity index (χ3n) is 4.35. The van der Waals surface area contributed by atoms with Crippen molar-refractivity contribution in [2.24, 2.45) is 0 Å². The van der Waals surface area contributed by atoms with Crippen LogP contribution in [0, 0.1) is 10.1 Å². The van der Waals surface area contributed by atoms with Gasteiger partial charge in [0.1, 0.15) is 5.75 Å². The topological polar surface area (TPSA) is 90.7 Å². The minimum Gasteiger partial charge on any atom is -0.467 e. The molecule has 0 aromatic heterocycles. The molecule has 1 atom stereocenters. The zero-order valence-corrected chi connectivity index (χ0v) is 15.9. The fraction of sp³-hybridized carbons (Fsp3) is 0.250. The molecule has 1 amide bonds. The second-order valence-corrected chi connectivity index (χ2v) is 6.68. The molecule has 7 nitrogen and oxygen atoms in total. The van der Waals surface area contributed by atoms with Crippen molar-refractivity contribution in [3.05, 3.63) is 74.3 Å². The first kappa shape index (κ1) is 19.9. The molecule has 1 aliphatic rings. The molecule has 0 spiro atoms. The van der Waals surface area contributed by atoms with Gasteiger partial charge in [-0.3, -0.25) is 14.9 Å². The van der Waals surface area contributed by atoms with Crippen LogP contribution in [0.5, 0.6) is 5.75 Å². The van der Waals surface area contributed by atoms with Crippen LogP contribution in [0.15, 0.2) is 42.5 Å². The lowest BCUT2D eigenvalue weighted by Gasteiger charge is -2.19. The Bertz CT molecular complexity index is 912. The highest BCUT2D eigenvalue weighted by Gasteiger charge is 2.20. The lowest BCUT2D eigenvalue weighted by molar-refractivity contribution is -0.385. The van der Waals surface area contributed by atoms with Gasteiger partial charge in [0, 0.05) is 34.4 Å². The van der Waals surface area contributed by atoms with Crippen molar-refractivity contribution in [2.45, 2.75) is 26.0 Å². The summed E-state index contributed by atoms with van der Waals surface area (Å²) in [7, 11) is 0. The van der Waals surface area contributed by atoms with Gasteiger partial charge in [-0.1, -0.05) is 30.7 Å². The number of carbonyl (C=O) groups is 1. The zero-order chi connectivity index (χ0) is 20.1. The molecular formula is C20H19ClN2O5. The number of fused-ring (bicyclic) bond motifs is 1. The summed E-state index contributed by atoms with van der Waals surface area (Å²) >= 11 is 5.91. The van der Waals surface area contributed by atoms with E-state index in [-0.39, 0.29) is 31.0 Å². The van der Waals surface area contributed by atoms with Crippen molar-refractivity contribution < 1.29 is 19.2 Å². The normalized spacial score (nSPS) is 14.2. The number of nitro benzene ring substituents is 1. The Kier molecular flexibility index (Phi) is 6.28. The van der Waals surface area contributed by atoms with Gasteiger partial charge in [0.2, 0.25) is 5.91 Å². The van der Waals surface area contributed by atoms with E-state index in [1.54, 1.807) is 12.1 Å². The quantitative estimate of drug-likeness (QED) is 0.439. The van der Waals surface area contributed by atoms with Crippen molar-refractivity contribution in [3.8, 4) is 5.75 Å². The number of nitro groups is 1. The first-order valence-electron chi connectivity index (χ1n) is 8.74. The molecule has 1 heterocycles. The number of carbonyl (C=O) groups excluding carboxylic acids is 1. The number of nitrogens with zero attached hydrogens (tertiary/aromatic N) is 1. The molecule has 3 rings (SSSR count). The number of ether oxygens (including phenoxy) is 2. The number of halogens is 1. The van der Waals surface area contributed by atoms with Crippen molar-refractivity contribution in [3.63, 3.8) is 0 Å². The fourth-order valence-corrected chi connectivity index (χ4v) is 3.09. The summed E-state index contributed by atoms with van der Waals surface area (Å²) in [4.78, 5) is 23.1. The third kappa shape index (κ3) is 4.68. The van der Waals surface area contributed by atoms with Gasteiger partial charge < -0.3 is 14.8 Å². The average molecular weight is 403 g/mol. The summed E-state index contributed by atoms with van der Waals surface area (Å²) in [6.07, 6.45) is 3.56. The Balaban J connectivity index is 1.78. The third-order valence-corrected chi connectivity index (χ3v) is 4.60. The molecule has 2 aromatic rings. The lowest BCUT2D eigenvalue weighted by Crippen LogP contribution is -2.26. The minimum atomic E-state index is -0.486. The van der Waals surface area contributed by atoms with E-state index in [1.165, 1.54) is 24.3 Å². The van der Waals surface area contributed by atoms with Gasteiger partial charge in [-0.2, -0.15) is 0 Å². The highest BCUT2D eigenvalue weighted by molar-refractivity contribution is 6.30. The Morgan fingerprint density at radius 3 is 2.79 bits per heavy atom. The van der Waals surface area contributed by atoms with Crippen LogP contribution in [0.4, 0.5) is 5.69 Å². The fourth-order valence-electron chi connectivity index (χ4n) is 2.96. The lowest BCUT2D eigenvalue weighted by atomic mass is 10.0. The maximum Gasteiger partial charge on any atom is 0.270 e. The van der Waals surface area contributed by atoms with Crippen LogP contribution in [0.25, 0.3) is 6.08 Å². The van der Waals surface area contributed by atoms with E-state index in [0.29, 0.717) is 28.3 Å². The maximum atomic E-state index is 12.4. The summed E-state index contributed by atoms with van der Waals surface area (Å²) in [6, 6.07) is 9.91. The summed E-state index contributed by atoms with van der Waals surface area (Å²) in [5.74, 6) is 0.180. The van der Waals surface area contributed by atoms with Crippen LogP contribution in [-0.4, -0.2) is 17.6 Å². The number of nitrogens with one attached hydrogen (secondary N) is 1. The van der Waals surface area contributed by atoms with Crippen molar-refractivity contribution in [1.82, 2.24) is 5.32 Å². The maximum absolute atomic E-state index is 12.4. The molecule has 28 heavy (non-hydrogen) atoms. The van der Waals surface area contributed by atoms with Crippen LogP contribution < -0.4 is 10.1 Å². The molecule has 0 bridgehead atoms. The Morgan fingerprint density at radius 1 is 1.36 bits per heavy atom. The van der Waals surface area contributed by atoms with E-state index in [4.69, 9.17) is 21.1 Å². The van der Waals surface area contributed by atoms with E-state index in [2.05, 4.69) is 5.32 Å². The summed E-state index contributed by atoms with van der Waals surface area (Å²) in [5.41, 5.74) is 1.90. The molecule has 0 fully saturated rings. The summed E-state index contributed by atoms with van der Waals surface area (Å²) < 4.78 is 10.6. The molecule has 1 unspecified atom stereocenters. The Morgan fingerprint density at radius 2 is 2.11 bits per heavy atom. The molecule has 0 saturated carbocycles. The number of non-ortho nitro benzene ring substituents is 1. The first-order valence-corrected chi connectivity index (χ1v) is 9.11. The van der Waals surface area contributed by atoms with E-state index in [1.807, 2.05) is 19.1 Å². The van der Waals surface area contributed by atoms with Gasteiger partial charge in [0.25, 0.3) is 5.69 Å². The van der Waals surface area contributed by atoms with E-state index in [9.17, 15) is 14.9 Å². The van der Waals surface area contributed by atoms with Gasteiger partial charge in [0.05, 0.1) is 17.6 Å². The van der Waals surface area contributed by atoms with Crippen LogP contribution in [0.3, 0.4) is 0 Å². The standard InChI is InChI=1S/C20H19ClN2O5/c1-2-18(13-3-6-16(21)7-4-13)22-19(24)8-5-14-9-17(23(25)26)10-15-11-27-12-28-20(14)15/h3-10,18H,2,11-12H2,1H3,(H,22,24)/b8-5+. The van der Waals surface area contributed by atoms with Crippen LogP contribution >= 0.6 is 11.6 Å². The van der Waals surface area contributed by atoms with Crippen LogP contribution in [-0.2, 0) is 16.1 Å². The highest BCUT2D eigenvalue weighted by atomic mass is 35.5. The average Bonchev–Trinajstić information content (AvgIpc) is 2.70. The van der Waals surface area contributed by atoms with Gasteiger partial charge in [0.15, 0.2) is 6.79 Å². The van der Waals surface area contributed by atoms with Crippen molar-refractivity contribution in [2.75, 3.05) is 6.79 Å². The number of hydrogen-bond donors (Lipinski definition) is 1. The molecule has 0 radical (unpaired) electrons. The monoisotopic (exact) mass is 402 g/mol. The predicted molar refractivity (Wildman–Crippen MR) is 105 cm³/mol. The summed E-state index contributed by atoms with van der Waals surface area (Å²) in [6.45, 7) is 2.25. The van der Waals surface area contributed by atoms with Gasteiger partial charge in [-0.05, 0) is 30.2 Å². The second-order valence-electron chi connectivity index (χ2n) is 6.25. The van der Waals surface area contributed by atoms with Crippen LogP contribution in [0.2, 0.25) is 5.02 Å². The van der Waals surface area contributed by atoms with Gasteiger partial charge in [-0.15, -0.1) is 0 Å². The number of hydrogen-bond acceptors (Lipinski definition) is 5. The van der Waals surface area contributed by atoms with Gasteiger partial charge in [-0.25, -0.2) is 0 Å². The van der Waals surface area contributed by atoms with Crippen LogP contribution in [0.1, 0.15) is 36.1 Å². The molecule has 0 aliphatic carbocycles. The molecule has 1 N–H and O–H groups in total. The van der Waals surface area contributed by atoms with E-state index >= 15 is 0 Å². The van der Waals surface area contributed by atoms with Crippen molar-refractivity contribution >= 4 is 29.3 Å². The molecular weight excluding hydrogens is 384 g/mol. The number of amides is 1. The van der Waals surface area contributed by atoms with E-state index < -0.39 is 4.92 Å². The molecule has 8 heteroatoms. The smallest absolute Gasteiger partial charge is 0.270 e. The molecule has 146 valence electrons. The minimum absolute atomic E-state index is 0.0618. The number of benzene rings is 2. The second kappa shape index (κ2) is 8.86. The Labute approximate surface area is 167 Å². The van der Waals surface area contributed by atoms with E-state index in [0.717, 1.165) is 5.56 Å². The largest absolute Gasteiger partial charge is 0.467 e. The summed E-state index contributed by atoms with van der Waals surface area (Å²) in [5, 5.41) is 14.7. The predicted octanol–water partition coefficient (Wildman–Crippen LogP) is 4.40. The highest BCUT2D eigenvalue weighted by Crippen LogP contribution is 2.33. The van der Waals surface area contributed by atoms with Gasteiger partial charge >= 0.3 is 0 Å². The molecule has 1 aliphatic heterocycles. The van der Waals surface area contributed by atoms with Crippen molar-refractivity contribution in [1.29, 1.82) is 0 Å². The molecule has 2 aromatic carbocycles. The number of rotatable bonds is 6. The zero-order valence-electron chi connectivity index (χ0n) is 15.2. The SMILES string of the molecule is CCC(NC(=O)/C=C/c1cc([N+](=O)[O-])cc2c1OCOC2)c1ccc(Cl)cc1.